The normalized spacial score (nSPS) is 18.5. The van der Waals surface area contributed by atoms with Gasteiger partial charge in [0.25, 0.3) is 5.91 Å². The van der Waals surface area contributed by atoms with Gasteiger partial charge < -0.3 is 16.0 Å². The SMILES string of the molecule is CN(C)C1(CNC(=O)c2cnc(N)s2)CCCCC1. The van der Waals surface area contributed by atoms with Crippen LogP contribution in [0.2, 0.25) is 0 Å². The van der Waals surface area contributed by atoms with Crippen LogP contribution < -0.4 is 11.1 Å². The Morgan fingerprint density at radius 1 is 1.47 bits per heavy atom. The van der Waals surface area contributed by atoms with Gasteiger partial charge in [-0.2, -0.15) is 0 Å². The van der Waals surface area contributed by atoms with Gasteiger partial charge in [-0.05, 0) is 26.9 Å². The lowest BCUT2D eigenvalue weighted by molar-refractivity contribution is 0.0802. The molecule has 106 valence electrons. The molecule has 1 aromatic rings. The molecule has 1 aromatic heterocycles. The number of nitrogens with one attached hydrogen (secondary N) is 1. The molecule has 0 saturated heterocycles. The molecule has 0 aromatic carbocycles. The van der Waals surface area contributed by atoms with Crippen molar-refractivity contribution in [3.8, 4) is 0 Å². The number of carbonyl (C=O) groups excluding carboxylic acids is 1. The van der Waals surface area contributed by atoms with Gasteiger partial charge in [-0.3, -0.25) is 4.79 Å². The summed E-state index contributed by atoms with van der Waals surface area (Å²) in [6.45, 7) is 0.691. The van der Waals surface area contributed by atoms with E-state index in [4.69, 9.17) is 5.73 Å². The largest absolute Gasteiger partial charge is 0.375 e. The Labute approximate surface area is 118 Å². The van der Waals surface area contributed by atoms with Gasteiger partial charge in [0.05, 0.1) is 6.20 Å². The maximum absolute atomic E-state index is 12.1. The van der Waals surface area contributed by atoms with E-state index in [1.807, 2.05) is 0 Å². The minimum Gasteiger partial charge on any atom is -0.375 e. The highest BCUT2D eigenvalue weighted by atomic mass is 32.1. The number of aromatic nitrogens is 1. The van der Waals surface area contributed by atoms with Crippen molar-refractivity contribution in [3.63, 3.8) is 0 Å². The fourth-order valence-corrected chi connectivity index (χ4v) is 3.32. The van der Waals surface area contributed by atoms with Gasteiger partial charge in [0.1, 0.15) is 4.88 Å². The second kappa shape index (κ2) is 5.88. The van der Waals surface area contributed by atoms with Crippen LogP contribution in [0.4, 0.5) is 5.13 Å². The third-order valence-corrected chi connectivity index (χ3v) is 4.88. The molecular weight excluding hydrogens is 260 g/mol. The molecule has 0 aliphatic heterocycles. The number of likely N-dealkylation sites (N-methyl/N-ethyl adjacent to an activating group) is 1. The van der Waals surface area contributed by atoms with Crippen LogP contribution in [0, 0.1) is 0 Å². The zero-order chi connectivity index (χ0) is 13.9. The van der Waals surface area contributed by atoms with Gasteiger partial charge in [0.15, 0.2) is 5.13 Å². The minimum absolute atomic E-state index is 0.0685. The number of rotatable bonds is 4. The Balaban J connectivity index is 1.97. The first-order chi connectivity index (χ1) is 9.03. The Morgan fingerprint density at radius 2 is 2.16 bits per heavy atom. The van der Waals surface area contributed by atoms with E-state index in [-0.39, 0.29) is 11.4 Å². The second-order valence-electron chi connectivity index (χ2n) is 5.42. The highest BCUT2D eigenvalue weighted by Gasteiger charge is 2.34. The van der Waals surface area contributed by atoms with E-state index in [1.165, 1.54) is 30.6 Å². The molecule has 0 spiro atoms. The van der Waals surface area contributed by atoms with Crippen LogP contribution in [-0.2, 0) is 0 Å². The fraction of sp³-hybridized carbons (Fsp3) is 0.692. The van der Waals surface area contributed by atoms with Crippen molar-refractivity contribution in [2.75, 3.05) is 26.4 Å². The van der Waals surface area contributed by atoms with Crippen LogP contribution >= 0.6 is 11.3 Å². The molecule has 5 nitrogen and oxygen atoms in total. The molecule has 6 heteroatoms. The number of amides is 1. The van der Waals surface area contributed by atoms with Gasteiger partial charge >= 0.3 is 0 Å². The lowest BCUT2D eigenvalue weighted by Gasteiger charge is -2.43. The highest BCUT2D eigenvalue weighted by molar-refractivity contribution is 7.17. The standard InChI is InChI=1S/C13H22N4OS/c1-17(2)13(6-4-3-5-7-13)9-16-11(18)10-8-15-12(14)19-10/h8H,3-7,9H2,1-2H3,(H2,14,15)(H,16,18). The van der Waals surface area contributed by atoms with Gasteiger partial charge in [-0.15, -0.1) is 0 Å². The number of anilines is 1. The highest BCUT2D eigenvalue weighted by Crippen LogP contribution is 2.31. The van der Waals surface area contributed by atoms with Crippen molar-refractivity contribution in [1.82, 2.24) is 15.2 Å². The van der Waals surface area contributed by atoms with Crippen molar-refractivity contribution in [2.45, 2.75) is 37.6 Å². The van der Waals surface area contributed by atoms with E-state index >= 15 is 0 Å². The maximum Gasteiger partial charge on any atom is 0.263 e. The van der Waals surface area contributed by atoms with Crippen LogP contribution in [0.1, 0.15) is 41.8 Å². The van der Waals surface area contributed by atoms with E-state index in [9.17, 15) is 4.79 Å². The van der Waals surface area contributed by atoms with E-state index in [0.717, 1.165) is 12.8 Å². The summed E-state index contributed by atoms with van der Waals surface area (Å²) in [6, 6.07) is 0. The van der Waals surface area contributed by atoms with E-state index in [1.54, 1.807) is 6.20 Å². The summed E-state index contributed by atoms with van der Waals surface area (Å²) in [4.78, 5) is 18.8. The molecule has 1 saturated carbocycles. The quantitative estimate of drug-likeness (QED) is 0.882. The van der Waals surface area contributed by atoms with E-state index < -0.39 is 0 Å². The molecule has 3 N–H and O–H groups in total. The molecule has 0 radical (unpaired) electrons. The van der Waals surface area contributed by atoms with E-state index in [2.05, 4.69) is 29.3 Å². The fourth-order valence-electron chi connectivity index (χ4n) is 2.72. The molecule has 1 fully saturated rings. The van der Waals surface area contributed by atoms with Crippen molar-refractivity contribution in [2.24, 2.45) is 0 Å². The van der Waals surface area contributed by atoms with Gasteiger partial charge in [0, 0.05) is 12.1 Å². The molecule has 1 aliphatic rings. The van der Waals surface area contributed by atoms with Gasteiger partial charge in [-0.25, -0.2) is 4.98 Å². The number of nitrogens with two attached hydrogens (primary N) is 1. The third-order valence-electron chi connectivity index (χ3n) is 4.06. The van der Waals surface area contributed by atoms with Crippen LogP contribution in [0.25, 0.3) is 0 Å². The molecule has 0 bridgehead atoms. The molecule has 1 amide bonds. The van der Waals surface area contributed by atoms with Crippen LogP contribution in [0.3, 0.4) is 0 Å². The molecular formula is C13H22N4OS. The molecule has 1 heterocycles. The number of hydrogen-bond acceptors (Lipinski definition) is 5. The summed E-state index contributed by atoms with van der Waals surface area (Å²) in [5.74, 6) is -0.0685. The number of nitrogen functional groups attached to an aromatic ring is 1. The van der Waals surface area contributed by atoms with Crippen molar-refractivity contribution in [3.05, 3.63) is 11.1 Å². The van der Waals surface area contributed by atoms with Crippen LogP contribution in [0.15, 0.2) is 6.20 Å². The Kier molecular flexibility index (Phi) is 4.42. The Bertz CT molecular complexity index is 438. The predicted molar refractivity (Wildman–Crippen MR) is 78.4 cm³/mol. The predicted octanol–water partition coefficient (Wildman–Crippen LogP) is 1.72. The number of carbonyl (C=O) groups is 1. The smallest absolute Gasteiger partial charge is 0.263 e. The molecule has 1 aliphatic carbocycles. The lowest BCUT2D eigenvalue weighted by Crippen LogP contribution is -2.53. The summed E-state index contributed by atoms with van der Waals surface area (Å²) in [6.07, 6.45) is 7.60. The van der Waals surface area contributed by atoms with Crippen LogP contribution in [-0.4, -0.2) is 42.0 Å². The Morgan fingerprint density at radius 3 is 2.68 bits per heavy atom. The molecule has 19 heavy (non-hydrogen) atoms. The summed E-state index contributed by atoms with van der Waals surface area (Å²) in [7, 11) is 4.20. The average molecular weight is 282 g/mol. The molecule has 2 rings (SSSR count). The first-order valence-corrected chi connectivity index (χ1v) is 7.52. The van der Waals surface area contributed by atoms with Crippen molar-refractivity contribution < 1.29 is 4.79 Å². The van der Waals surface area contributed by atoms with Gasteiger partial charge in [0.2, 0.25) is 0 Å². The molecule has 0 atom stereocenters. The van der Waals surface area contributed by atoms with Crippen molar-refractivity contribution >= 4 is 22.4 Å². The number of hydrogen-bond donors (Lipinski definition) is 2. The van der Waals surface area contributed by atoms with Gasteiger partial charge in [-0.1, -0.05) is 30.6 Å². The third kappa shape index (κ3) is 3.25. The average Bonchev–Trinajstić information content (AvgIpc) is 2.83. The first kappa shape index (κ1) is 14.3. The van der Waals surface area contributed by atoms with E-state index in [0.29, 0.717) is 16.6 Å². The Hall–Kier alpha value is -1.14. The monoisotopic (exact) mass is 282 g/mol. The summed E-state index contributed by atoms with van der Waals surface area (Å²) in [5.41, 5.74) is 5.65. The summed E-state index contributed by atoms with van der Waals surface area (Å²) < 4.78 is 0. The topological polar surface area (TPSA) is 71.2 Å². The minimum atomic E-state index is -0.0685. The van der Waals surface area contributed by atoms with Crippen LogP contribution in [0.5, 0.6) is 0 Å². The summed E-state index contributed by atoms with van der Waals surface area (Å²) >= 11 is 1.23. The number of thiazole rings is 1. The maximum atomic E-state index is 12.1. The van der Waals surface area contributed by atoms with Crippen molar-refractivity contribution in [1.29, 1.82) is 0 Å². The summed E-state index contributed by atoms with van der Waals surface area (Å²) in [5, 5.41) is 3.47. The lowest BCUT2D eigenvalue weighted by atomic mass is 9.80. The second-order valence-corrected chi connectivity index (χ2v) is 6.49. The zero-order valence-corrected chi connectivity index (χ0v) is 12.4. The molecule has 0 unspecified atom stereocenters. The zero-order valence-electron chi connectivity index (χ0n) is 11.6. The first-order valence-electron chi connectivity index (χ1n) is 6.70. The number of nitrogens with zero attached hydrogens (tertiary/aromatic N) is 2.